The molecule has 4 saturated heterocycles. The average molecular weight is 1100 g/mol. The standard InChI is InChI=1S/C62H84N10O8/c1-39(63-3)55(73)67-53(43-21-13-7-14-22-43)61(79)71-37-49(33-51(71)59(77)69-31-29-47(35-69)41-17-9-5-10-18-41)65-57(75)45-25-27-46(28-26-45)58(76)66-50-34-52(60(78)70-32-30-48(36-70)42-19-11-6-12-20-42)72(38-50)62(80)54(44-23-15-8-16-24-44)68-56(74)40(2)64-4/h5-6,9-12,17-20,25-28,39-40,43-44,47-54,63-64H,7-8,13-16,21-24,29-38H2,1-4H3,(H,65,75)(H,66,76)(H,67,73)(H,68,74)/t39-,40-,47-,48-,49-,50-,51-,52-,53-,54-/m0/s1. The van der Waals surface area contributed by atoms with Gasteiger partial charge in [-0.25, -0.2) is 0 Å². The molecule has 9 rings (SSSR count). The highest BCUT2D eigenvalue weighted by Gasteiger charge is 2.49. The quantitative estimate of drug-likeness (QED) is 0.105. The van der Waals surface area contributed by atoms with E-state index in [1.165, 1.54) is 0 Å². The number of benzene rings is 3. The van der Waals surface area contributed by atoms with Gasteiger partial charge in [0.2, 0.25) is 35.4 Å². The van der Waals surface area contributed by atoms with E-state index in [9.17, 15) is 38.4 Å². The van der Waals surface area contributed by atoms with E-state index < -0.39 is 60.1 Å². The average Bonchev–Trinajstić information content (AvgIpc) is 4.38. The van der Waals surface area contributed by atoms with Gasteiger partial charge in [-0.05, 0) is 127 Å². The van der Waals surface area contributed by atoms with Gasteiger partial charge in [0.25, 0.3) is 11.8 Å². The maximum absolute atomic E-state index is 14.9. The fourth-order valence-electron chi connectivity index (χ4n) is 13.4. The zero-order valence-corrected chi connectivity index (χ0v) is 47.2. The molecule has 4 aliphatic heterocycles. The number of likely N-dealkylation sites (N-methyl/N-ethyl adjacent to an activating group) is 2. The molecule has 18 heteroatoms. The molecule has 430 valence electrons. The highest BCUT2D eigenvalue weighted by atomic mass is 16.2. The lowest BCUT2D eigenvalue weighted by Crippen LogP contribution is -2.58. The summed E-state index contributed by atoms with van der Waals surface area (Å²) in [6.45, 7) is 5.76. The van der Waals surface area contributed by atoms with Crippen molar-refractivity contribution in [1.82, 2.24) is 51.5 Å². The van der Waals surface area contributed by atoms with Crippen LogP contribution in [0, 0.1) is 11.8 Å². The van der Waals surface area contributed by atoms with Gasteiger partial charge < -0.3 is 51.5 Å². The molecule has 0 unspecified atom stereocenters. The van der Waals surface area contributed by atoms with E-state index in [0.717, 1.165) is 88.2 Å². The Morgan fingerprint density at radius 1 is 0.463 bits per heavy atom. The number of likely N-dealkylation sites (tertiary alicyclic amines) is 4. The Morgan fingerprint density at radius 2 is 0.825 bits per heavy atom. The summed E-state index contributed by atoms with van der Waals surface area (Å²) in [5.41, 5.74) is 2.87. The van der Waals surface area contributed by atoms with Crippen LogP contribution in [0.15, 0.2) is 84.9 Å². The normalized spacial score (nSPS) is 25.1. The molecule has 3 aromatic rings. The van der Waals surface area contributed by atoms with E-state index in [1.807, 2.05) is 46.2 Å². The van der Waals surface area contributed by atoms with Crippen molar-refractivity contribution in [2.24, 2.45) is 11.8 Å². The van der Waals surface area contributed by atoms with E-state index in [-0.39, 0.29) is 96.2 Å². The maximum Gasteiger partial charge on any atom is 0.251 e. The number of carbonyl (C=O) groups excluding carboxylic acids is 8. The van der Waals surface area contributed by atoms with E-state index in [4.69, 9.17) is 0 Å². The summed E-state index contributed by atoms with van der Waals surface area (Å²) in [6, 6.07) is 20.9. The van der Waals surface area contributed by atoms with Gasteiger partial charge in [0, 0.05) is 74.3 Å². The van der Waals surface area contributed by atoms with E-state index in [2.05, 4.69) is 56.2 Å². The van der Waals surface area contributed by atoms with Gasteiger partial charge in [-0.1, -0.05) is 99.2 Å². The largest absolute Gasteiger partial charge is 0.347 e. The van der Waals surface area contributed by atoms with Crippen LogP contribution in [0.2, 0.25) is 0 Å². The zero-order chi connectivity index (χ0) is 56.5. The third-order valence-corrected chi connectivity index (χ3v) is 18.4. The van der Waals surface area contributed by atoms with E-state index in [0.29, 0.717) is 26.2 Å². The van der Waals surface area contributed by atoms with Gasteiger partial charge in [0.15, 0.2) is 0 Å². The number of nitrogens with one attached hydrogen (secondary N) is 6. The minimum Gasteiger partial charge on any atom is -0.347 e. The fourth-order valence-corrected chi connectivity index (χ4v) is 13.4. The van der Waals surface area contributed by atoms with Crippen molar-refractivity contribution in [1.29, 1.82) is 0 Å². The third kappa shape index (κ3) is 13.6. The van der Waals surface area contributed by atoms with Crippen LogP contribution in [0.25, 0.3) is 0 Å². The second-order valence-electron chi connectivity index (χ2n) is 23.6. The molecule has 18 nitrogen and oxygen atoms in total. The molecule has 6 fully saturated rings. The Hall–Kier alpha value is -6.66. The molecule has 10 atom stereocenters. The number of hydrogen-bond donors (Lipinski definition) is 6. The lowest BCUT2D eigenvalue weighted by molar-refractivity contribution is -0.146. The summed E-state index contributed by atoms with van der Waals surface area (Å²) in [5.74, 6) is -2.28. The Bertz CT molecular complexity index is 2480. The van der Waals surface area contributed by atoms with Gasteiger partial charge in [-0.2, -0.15) is 0 Å². The molecule has 0 spiro atoms. The van der Waals surface area contributed by atoms with Gasteiger partial charge in [0.05, 0.1) is 12.1 Å². The SMILES string of the molecule is CN[C@@H](C)C(=O)N[C@H](C(=O)N1C[C@@H](NC(=O)c2ccc(C(=O)N[C@H]3C[C@@H](C(=O)N4CC[C@H](c5ccccc5)C4)N(C(=O)[C@@H](NC(=O)[C@H](C)NC)C4CCCCC4)C3)cc2)C[C@H]1C(=O)N1CC[C@H](c2ccccc2)C1)C1CCCCC1. The minimum absolute atomic E-state index is 0.0801. The van der Waals surface area contributed by atoms with Crippen molar-refractivity contribution in [2.75, 3.05) is 53.4 Å². The van der Waals surface area contributed by atoms with Crippen molar-refractivity contribution in [3.8, 4) is 0 Å². The minimum atomic E-state index is -0.852. The van der Waals surface area contributed by atoms with Gasteiger partial charge in [-0.15, -0.1) is 0 Å². The lowest BCUT2D eigenvalue weighted by atomic mass is 9.83. The Labute approximate surface area is 471 Å². The van der Waals surface area contributed by atoms with Crippen molar-refractivity contribution in [3.63, 3.8) is 0 Å². The molecule has 3 aromatic carbocycles. The summed E-state index contributed by atoms with van der Waals surface area (Å²) in [6.07, 6.45) is 11.0. The van der Waals surface area contributed by atoms with Crippen molar-refractivity contribution < 1.29 is 38.4 Å². The maximum atomic E-state index is 14.9. The molecule has 6 N–H and O–H groups in total. The van der Waals surface area contributed by atoms with Gasteiger partial charge in [0.1, 0.15) is 24.2 Å². The van der Waals surface area contributed by atoms with Crippen molar-refractivity contribution in [2.45, 2.75) is 164 Å². The fraction of sp³-hybridized carbons (Fsp3) is 0.581. The predicted octanol–water partition coefficient (Wildman–Crippen LogP) is 4.46. The Morgan fingerprint density at radius 3 is 1.18 bits per heavy atom. The van der Waals surface area contributed by atoms with Crippen molar-refractivity contribution >= 4 is 47.3 Å². The van der Waals surface area contributed by atoms with Crippen LogP contribution in [0.3, 0.4) is 0 Å². The number of hydrogen-bond acceptors (Lipinski definition) is 10. The van der Waals surface area contributed by atoms with Crippen LogP contribution >= 0.6 is 0 Å². The van der Waals surface area contributed by atoms with Crippen LogP contribution in [0.4, 0.5) is 0 Å². The topological polar surface area (TPSA) is 222 Å². The summed E-state index contributed by atoms with van der Waals surface area (Å²) < 4.78 is 0. The van der Waals surface area contributed by atoms with Crippen LogP contribution in [-0.4, -0.2) is 169 Å². The molecule has 4 heterocycles. The molecular weight excluding hydrogens is 1010 g/mol. The Kier molecular flexibility index (Phi) is 19.4. The monoisotopic (exact) mass is 1100 g/mol. The van der Waals surface area contributed by atoms with Gasteiger partial charge in [-0.3, -0.25) is 38.4 Å². The molecule has 2 aliphatic carbocycles. The summed E-state index contributed by atoms with van der Waals surface area (Å²) in [5, 5.41) is 18.3. The predicted molar refractivity (Wildman–Crippen MR) is 304 cm³/mol. The lowest BCUT2D eigenvalue weighted by Gasteiger charge is -2.35. The molecule has 80 heavy (non-hydrogen) atoms. The summed E-state index contributed by atoms with van der Waals surface area (Å²) in [4.78, 5) is 121. The molecule has 0 radical (unpaired) electrons. The smallest absolute Gasteiger partial charge is 0.251 e. The Balaban J connectivity index is 0.890. The highest BCUT2D eigenvalue weighted by Crippen LogP contribution is 2.35. The molecule has 8 amide bonds. The first-order valence-electron chi connectivity index (χ1n) is 29.7. The number of nitrogens with zero attached hydrogens (tertiary/aromatic N) is 4. The molecule has 6 aliphatic rings. The molecule has 0 bridgehead atoms. The highest BCUT2D eigenvalue weighted by molar-refractivity contribution is 5.99. The first-order valence-corrected chi connectivity index (χ1v) is 29.7. The van der Waals surface area contributed by atoms with Crippen LogP contribution in [0.5, 0.6) is 0 Å². The number of carbonyl (C=O) groups is 8. The first-order chi connectivity index (χ1) is 38.7. The van der Waals surface area contributed by atoms with Crippen molar-refractivity contribution in [3.05, 3.63) is 107 Å². The number of rotatable bonds is 18. The summed E-state index contributed by atoms with van der Waals surface area (Å²) >= 11 is 0. The van der Waals surface area contributed by atoms with Gasteiger partial charge >= 0.3 is 0 Å². The van der Waals surface area contributed by atoms with E-state index >= 15 is 0 Å². The molecule has 2 saturated carbocycles. The van der Waals surface area contributed by atoms with Crippen LogP contribution in [0.1, 0.15) is 147 Å². The zero-order valence-electron chi connectivity index (χ0n) is 47.2. The van der Waals surface area contributed by atoms with Crippen LogP contribution in [-0.2, 0) is 28.8 Å². The van der Waals surface area contributed by atoms with Crippen LogP contribution < -0.4 is 31.9 Å². The number of amides is 8. The second-order valence-corrected chi connectivity index (χ2v) is 23.6. The molecule has 0 aromatic heterocycles. The molecular formula is C62H84N10O8. The third-order valence-electron chi connectivity index (χ3n) is 18.4. The second kappa shape index (κ2) is 26.7. The first kappa shape index (κ1) is 58.0. The summed E-state index contributed by atoms with van der Waals surface area (Å²) in [7, 11) is 3.39. The van der Waals surface area contributed by atoms with E-state index in [1.54, 1.807) is 62.0 Å².